The van der Waals surface area contributed by atoms with Gasteiger partial charge in [0.05, 0.1) is 30.1 Å². The van der Waals surface area contributed by atoms with Crippen LogP contribution >= 0.6 is 0 Å². The maximum Gasteiger partial charge on any atom is 0.410 e. The van der Waals surface area contributed by atoms with Crippen molar-refractivity contribution in [1.82, 2.24) is 19.7 Å². The molecule has 3 aliphatic rings. The van der Waals surface area contributed by atoms with E-state index in [1.165, 1.54) is 12.3 Å². The Balaban J connectivity index is 1.58. The van der Waals surface area contributed by atoms with Crippen LogP contribution in [0.25, 0.3) is 0 Å². The highest BCUT2D eigenvalue weighted by Crippen LogP contribution is 2.43. The molecule has 0 aliphatic carbocycles. The first-order valence-corrected chi connectivity index (χ1v) is 15.7. The van der Waals surface area contributed by atoms with Crippen LogP contribution in [0.5, 0.6) is 0 Å². The van der Waals surface area contributed by atoms with Crippen molar-refractivity contribution in [2.24, 2.45) is 0 Å². The van der Waals surface area contributed by atoms with Crippen molar-refractivity contribution < 1.29 is 27.8 Å². The largest absolute Gasteiger partial charge is 0.444 e. The fourth-order valence-corrected chi connectivity index (χ4v) is 6.66. The Morgan fingerprint density at radius 3 is 2.35 bits per heavy atom. The summed E-state index contributed by atoms with van der Waals surface area (Å²) in [5.41, 5.74) is -0.114. The maximum atomic E-state index is 14.9. The summed E-state index contributed by atoms with van der Waals surface area (Å²) in [4.78, 5) is 39.6. The minimum atomic E-state index is -3.01. The first kappa shape index (κ1) is 33.5. The first-order chi connectivity index (χ1) is 19.9. The second-order valence-corrected chi connectivity index (χ2v) is 14.5. The lowest BCUT2D eigenvalue weighted by molar-refractivity contribution is -0.122. The number of piperazine rings is 1. The molecule has 2 saturated heterocycles. The van der Waals surface area contributed by atoms with Crippen LogP contribution in [0.15, 0.2) is 12.3 Å². The standard InChI is InChI=1S/C32H51F2N5O4/c1-10-11-32(33,34)24-12-26-28(35-13-24)31(8,9)20-39(26)27(40)19-37-14-21(2)38(29(41)43-30(5,6)7)18-25(37)17-36-15-22(3)42-23(4)16-36/h12-13,21-23,25H,10-11,14-20H2,1-9H3/t21-,22-,23+,25+/m1/s1. The van der Waals surface area contributed by atoms with Gasteiger partial charge < -0.3 is 19.3 Å². The van der Waals surface area contributed by atoms with Gasteiger partial charge in [-0.05, 0) is 47.6 Å². The van der Waals surface area contributed by atoms with E-state index in [1.807, 2.05) is 41.5 Å². The van der Waals surface area contributed by atoms with Gasteiger partial charge in [-0.15, -0.1) is 0 Å². The number of ether oxygens (including phenoxy) is 2. The fraction of sp³-hybridized carbons (Fsp3) is 0.781. The number of pyridine rings is 1. The van der Waals surface area contributed by atoms with E-state index in [-0.39, 0.29) is 54.8 Å². The van der Waals surface area contributed by atoms with Crippen molar-refractivity contribution in [3.63, 3.8) is 0 Å². The van der Waals surface area contributed by atoms with E-state index in [0.29, 0.717) is 44.0 Å². The van der Waals surface area contributed by atoms with Gasteiger partial charge in [0.1, 0.15) is 5.60 Å². The van der Waals surface area contributed by atoms with E-state index >= 15 is 0 Å². The number of aromatic nitrogens is 1. The molecular weight excluding hydrogens is 556 g/mol. The molecule has 4 rings (SSSR count). The summed E-state index contributed by atoms with van der Waals surface area (Å²) in [6.45, 7) is 20.9. The Bertz CT molecular complexity index is 1160. The smallest absolute Gasteiger partial charge is 0.410 e. The Hall–Kier alpha value is -2.37. The Morgan fingerprint density at radius 2 is 1.74 bits per heavy atom. The molecule has 43 heavy (non-hydrogen) atoms. The molecule has 4 heterocycles. The van der Waals surface area contributed by atoms with E-state index in [4.69, 9.17) is 9.47 Å². The number of nitrogens with zero attached hydrogens (tertiary/aromatic N) is 5. The highest BCUT2D eigenvalue weighted by Gasteiger charge is 2.44. The zero-order chi connectivity index (χ0) is 31.9. The molecule has 0 saturated carbocycles. The van der Waals surface area contributed by atoms with Crippen LogP contribution in [0.4, 0.5) is 19.3 Å². The number of rotatable bonds is 7. The molecule has 0 radical (unpaired) electrons. The van der Waals surface area contributed by atoms with E-state index in [9.17, 15) is 18.4 Å². The van der Waals surface area contributed by atoms with Crippen LogP contribution in [0.3, 0.4) is 0 Å². The van der Waals surface area contributed by atoms with Crippen LogP contribution in [-0.4, -0.2) is 107 Å². The van der Waals surface area contributed by atoms with Crippen molar-refractivity contribution in [3.8, 4) is 0 Å². The lowest BCUT2D eigenvalue weighted by Gasteiger charge is -2.47. The van der Waals surface area contributed by atoms with Crippen molar-refractivity contribution in [1.29, 1.82) is 0 Å². The number of alkyl halides is 2. The van der Waals surface area contributed by atoms with E-state index in [2.05, 4.69) is 28.6 Å². The molecule has 9 nitrogen and oxygen atoms in total. The number of carbonyl (C=O) groups excluding carboxylic acids is 2. The molecule has 1 aromatic heterocycles. The van der Waals surface area contributed by atoms with Crippen molar-refractivity contribution in [2.75, 3.05) is 50.7 Å². The van der Waals surface area contributed by atoms with Crippen LogP contribution < -0.4 is 4.90 Å². The maximum absolute atomic E-state index is 14.9. The SMILES string of the molecule is CCCC(F)(F)c1cnc2c(c1)N(C(=O)CN1C[C@@H](C)N(C(=O)OC(C)(C)C)C[C@@H]1CN1C[C@@H](C)O[C@@H](C)C1)CC2(C)C. The van der Waals surface area contributed by atoms with Gasteiger partial charge in [-0.3, -0.25) is 19.6 Å². The summed E-state index contributed by atoms with van der Waals surface area (Å²) in [5.74, 6) is -3.17. The van der Waals surface area contributed by atoms with Gasteiger partial charge in [0.2, 0.25) is 5.91 Å². The van der Waals surface area contributed by atoms with Gasteiger partial charge in [-0.1, -0.05) is 27.2 Å². The van der Waals surface area contributed by atoms with Gasteiger partial charge in [-0.25, -0.2) is 13.6 Å². The molecule has 242 valence electrons. The molecule has 4 atom stereocenters. The predicted molar refractivity (Wildman–Crippen MR) is 163 cm³/mol. The molecule has 1 aromatic rings. The number of anilines is 1. The number of hydrogen-bond donors (Lipinski definition) is 0. The lowest BCUT2D eigenvalue weighted by Crippen LogP contribution is -2.64. The summed E-state index contributed by atoms with van der Waals surface area (Å²) in [6.07, 6.45) is 1.14. The van der Waals surface area contributed by atoms with E-state index < -0.39 is 16.9 Å². The highest BCUT2D eigenvalue weighted by atomic mass is 19.3. The molecular formula is C32H51F2N5O4. The van der Waals surface area contributed by atoms with Gasteiger partial charge in [0.15, 0.2) is 0 Å². The molecule has 0 aromatic carbocycles. The molecule has 2 amide bonds. The van der Waals surface area contributed by atoms with Gasteiger partial charge in [0.25, 0.3) is 5.92 Å². The summed E-state index contributed by atoms with van der Waals surface area (Å²) < 4.78 is 41.4. The first-order valence-electron chi connectivity index (χ1n) is 15.7. The molecule has 0 bridgehead atoms. The molecule has 3 aliphatic heterocycles. The van der Waals surface area contributed by atoms with Crippen molar-refractivity contribution >= 4 is 17.7 Å². The van der Waals surface area contributed by atoms with Crippen LogP contribution in [0.2, 0.25) is 0 Å². The number of hydrogen-bond acceptors (Lipinski definition) is 7. The number of morpholine rings is 1. The minimum Gasteiger partial charge on any atom is -0.444 e. The monoisotopic (exact) mass is 607 g/mol. The Morgan fingerprint density at radius 1 is 1.09 bits per heavy atom. The predicted octanol–water partition coefficient (Wildman–Crippen LogP) is 5.02. The van der Waals surface area contributed by atoms with Gasteiger partial charge in [0, 0.05) is 74.9 Å². The third-order valence-corrected chi connectivity index (χ3v) is 8.53. The van der Waals surface area contributed by atoms with E-state index in [0.717, 1.165) is 13.1 Å². The minimum absolute atomic E-state index is 0.0826. The third kappa shape index (κ3) is 7.84. The summed E-state index contributed by atoms with van der Waals surface area (Å²) >= 11 is 0. The fourth-order valence-electron chi connectivity index (χ4n) is 6.66. The quantitative estimate of drug-likeness (QED) is 0.431. The number of halogens is 2. The van der Waals surface area contributed by atoms with Crippen molar-refractivity contribution in [3.05, 3.63) is 23.5 Å². The van der Waals surface area contributed by atoms with E-state index in [1.54, 1.807) is 16.7 Å². The molecule has 11 heteroatoms. The second-order valence-electron chi connectivity index (χ2n) is 14.5. The van der Waals surface area contributed by atoms with Gasteiger partial charge in [-0.2, -0.15) is 0 Å². The summed E-state index contributed by atoms with van der Waals surface area (Å²) in [6, 6.07) is 1.16. The Labute approximate surface area is 255 Å². The zero-order valence-electron chi connectivity index (χ0n) is 27.5. The normalized spacial score (nSPS) is 26.9. The molecule has 2 fully saturated rings. The number of amides is 2. The summed E-state index contributed by atoms with van der Waals surface area (Å²) in [7, 11) is 0. The average molecular weight is 608 g/mol. The van der Waals surface area contributed by atoms with Crippen LogP contribution in [0, 0.1) is 0 Å². The van der Waals surface area contributed by atoms with Crippen LogP contribution in [-0.2, 0) is 25.6 Å². The third-order valence-electron chi connectivity index (χ3n) is 8.53. The molecule has 0 unspecified atom stereocenters. The molecule has 0 N–H and O–H groups in total. The topological polar surface area (TPSA) is 78.5 Å². The zero-order valence-corrected chi connectivity index (χ0v) is 27.5. The second kappa shape index (κ2) is 12.6. The molecule has 0 spiro atoms. The number of carbonyl (C=O) groups is 2. The average Bonchev–Trinajstić information content (AvgIpc) is 3.14. The van der Waals surface area contributed by atoms with Gasteiger partial charge >= 0.3 is 6.09 Å². The highest BCUT2D eigenvalue weighted by molar-refractivity contribution is 5.97. The van der Waals surface area contributed by atoms with Crippen molar-refractivity contribution in [2.45, 2.75) is 116 Å². The van der Waals surface area contributed by atoms with Crippen LogP contribution in [0.1, 0.15) is 86.4 Å². The summed E-state index contributed by atoms with van der Waals surface area (Å²) in [5, 5.41) is 0. The lowest BCUT2D eigenvalue weighted by atomic mass is 9.91. The Kier molecular flexibility index (Phi) is 9.79. The number of fused-ring (bicyclic) bond motifs is 1.